The smallest absolute Gasteiger partial charge is 0.256 e. The molecule has 0 saturated heterocycles. The summed E-state index contributed by atoms with van der Waals surface area (Å²) in [6.07, 6.45) is 1.49. The maximum absolute atomic E-state index is 12.4. The van der Waals surface area contributed by atoms with Crippen molar-refractivity contribution in [3.05, 3.63) is 59.7 Å². The summed E-state index contributed by atoms with van der Waals surface area (Å²) < 4.78 is 7.30. The highest BCUT2D eigenvalue weighted by atomic mass is 16.5. The van der Waals surface area contributed by atoms with E-state index >= 15 is 0 Å². The lowest BCUT2D eigenvalue weighted by molar-refractivity contribution is 0.102. The first kappa shape index (κ1) is 17.6. The largest absolute Gasteiger partial charge is 0.491 e. The van der Waals surface area contributed by atoms with Crippen LogP contribution < -0.4 is 10.1 Å². The van der Waals surface area contributed by atoms with Gasteiger partial charge in [-0.15, -0.1) is 0 Å². The minimum atomic E-state index is -0.251. The second-order valence-corrected chi connectivity index (χ2v) is 6.25. The van der Waals surface area contributed by atoms with E-state index in [9.17, 15) is 4.79 Å². The van der Waals surface area contributed by atoms with Crippen LogP contribution in [0.4, 0.5) is 5.82 Å². The van der Waals surface area contributed by atoms with Gasteiger partial charge in [0.05, 0.1) is 11.8 Å². The van der Waals surface area contributed by atoms with Gasteiger partial charge in [-0.2, -0.15) is 5.10 Å². The minimum Gasteiger partial charge on any atom is -0.491 e. The molecular weight excluding hydrogens is 330 g/mol. The van der Waals surface area contributed by atoms with Crippen molar-refractivity contribution in [3.8, 4) is 11.6 Å². The molecule has 0 spiro atoms. The Labute approximate surface area is 152 Å². The van der Waals surface area contributed by atoms with Crippen LogP contribution >= 0.6 is 0 Å². The van der Waals surface area contributed by atoms with Crippen molar-refractivity contribution in [3.63, 3.8) is 0 Å². The predicted molar refractivity (Wildman–Crippen MR) is 98.8 cm³/mol. The van der Waals surface area contributed by atoms with Gasteiger partial charge in [0.15, 0.2) is 5.82 Å². The van der Waals surface area contributed by atoms with Crippen molar-refractivity contribution < 1.29 is 9.53 Å². The molecule has 7 nitrogen and oxygen atoms in total. The zero-order valence-electron chi connectivity index (χ0n) is 15.2. The first-order valence-corrected chi connectivity index (χ1v) is 8.36. The summed E-state index contributed by atoms with van der Waals surface area (Å²) in [6.45, 7) is 7.77. The Bertz CT molecular complexity index is 916. The second-order valence-electron chi connectivity index (χ2n) is 6.25. The van der Waals surface area contributed by atoms with E-state index in [2.05, 4.69) is 20.4 Å². The number of aryl methyl sites for hydroxylation is 2. The SMILES string of the molecule is Cc1cc(C)n(-c2cc(NC(=O)c3ccc(OC(C)C)cc3)ncn2)n1. The van der Waals surface area contributed by atoms with Gasteiger partial charge < -0.3 is 10.1 Å². The zero-order chi connectivity index (χ0) is 18.7. The molecule has 26 heavy (non-hydrogen) atoms. The van der Waals surface area contributed by atoms with E-state index in [1.807, 2.05) is 33.8 Å². The molecule has 134 valence electrons. The van der Waals surface area contributed by atoms with Gasteiger partial charge in [0.2, 0.25) is 0 Å². The fourth-order valence-corrected chi connectivity index (χ4v) is 2.54. The summed E-state index contributed by atoms with van der Waals surface area (Å²) in [4.78, 5) is 20.8. The zero-order valence-corrected chi connectivity index (χ0v) is 15.2. The molecular formula is C19H21N5O2. The number of aromatic nitrogens is 4. The average molecular weight is 351 g/mol. The van der Waals surface area contributed by atoms with Gasteiger partial charge in [-0.1, -0.05) is 0 Å². The maximum atomic E-state index is 12.4. The lowest BCUT2D eigenvalue weighted by Gasteiger charge is -2.10. The highest BCUT2D eigenvalue weighted by Gasteiger charge is 2.10. The molecule has 3 aromatic rings. The molecule has 0 radical (unpaired) electrons. The number of amides is 1. The molecule has 0 aliphatic rings. The molecule has 3 rings (SSSR count). The van der Waals surface area contributed by atoms with E-state index in [4.69, 9.17) is 4.74 Å². The molecule has 1 amide bonds. The number of rotatable bonds is 5. The number of hydrogen-bond donors (Lipinski definition) is 1. The fraction of sp³-hybridized carbons (Fsp3) is 0.263. The number of ether oxygens (including phenoxy) is 1. The van der Waals surface area contributed by atoms with Crippen LogP contribution in [0.25, 0.3) is 5.82 Å². The number of nitrogens with zero attached hydrogens (tertiary/aromatic N) is 4. The predicted octanol–water partition coefficient (Wildman–Crippen LogP) is 3.32. The van der Waals surface area contributed by atoms with E-state index in [1.165, 1.54) is 6.33 Å². The van der Waals surface area contributed by atoms with Gasteiger partial charge in [0, 0.05) is 17.3 Å². The van der Waals surface area contributed by atoms with Gasteiger partial charge in [-0.25, -0.2) is 14.6 Å². The summed E-state index contributed by atoms with van der Waals surface area (Å²) in [5.74, 6) is 1.49. The van der Waals surface area contributed by atoms with Crippen molar-refractivity contribution >= 4 is 11.7 Å². The highest BCUT2D eigenvalue weighted by Crippen LogP contribution is 2.16. The molecule has 0 fully saturated rings. The molecule has 1 N–H and O–H groups in total. The molecule has 0 atom stereocenters. The molecule has 2 heterocycles. The molecule has 0 aliphatic heterocycles. The van der Waals surface area contributed by atoms with Crippen molar-refractivity contribution in [1.82, 2.24) is 19.7 Å². The van der Waals surface area contributed by atoms with E-state index in [1.54, 1.807) is 35.0 Å². The van der Waals surface area contributed by atoms with Gasteiger partial charge >= 0.3 is 0 Å². The Hall–Kier alpha value is -3.22. The monoisotopic (exact) mass is 351 g/mol. The van der Waals surface area contributed by atoms with Gasteiger partial charge in [-0.05, 0) is 58.0 Å². The average Bonchev–Trinajstić information content (AvgIpc) is 2.93. The van der Waals surface area contributed by atoms with E-state index in [0.29, 0.717) is 17.2 Å². The number of carbonyl (C=O) groups is 1. The summed E-state index contributed by atoms with van der Waals surface area (Å²) in [7, 11) is 0. The molecule has 1 aromatic carbocycles. The lowest BCUT2D eigenvalue weighted by atomic mass is 10.2. The van der Waals surface area contributed by atoms with Crippen LogP contribution in [-0.4, -0.2) is 31.8 Å². The molecule has 2 aromatic heterocycles. The van der Waals surface area contributed by atoms with E-state index in [-0.39, 0.29) is 12.0 Å². The van der Waals surface area contributed by atoms with Crippen LogP contribution in [0.1, 0.15) is 35.6 Å². The van der Waals surface area contributed by atoms with Crippen LogP contribution in [-0.2, 0) is 0 Å². The molecule has 0 bridgehead atoms. The van der Waals surface area contributed by atoms with Crippen molar-refractivity contribution in [2.24, 2.45) is 0 Å². The number of anilines is 1. The molecule has 0 unspecified atom stereocenters. The van der Waals surface area contributed by atoms with Crippen molar-refractivity contribution in [1.29, 1.82) is 0 Å². The van der Waals surface area contributed by atoms with Gasteiger partial charge in [0.25, 0.3) is 5.91 Å². The minimum absolute atomic E-state index is 0.0866. The number of carbonyl (C=O) groups excluding carboxylic acids is 1. The van der Waals surface area contributed by atoms with Gasteiger partial charge in [0.1, 0.15) is 17.9 Å². The van der Waals surface area contributed by atoms with Crippen LogP contribution in [0.5, 0.6) is 5.75 Å². The third-order valence-electron chi connectivity index (χ3n) is 3.61. The normalized spacial score (nSPS) is 10.8. The van der Waals surface area contributed by atoms with Crippen LogP contribution in [0, 0.1) is 13.8 Å². The number of hydrogen-bond acceptors (Lipinski definition) is 5. The molecule has 0 aliphatic carbocycles. The third kappa shape index (κ3) is 4.05. The Morgan fingerprint density at radius 1 is 1.12 bits per heavy atom. The van der Waals surface area contributed by atoms with E-state index in [0.717, 1.165) is 17.1 Å². The summed E-state index contributed by atoms with van der Waals surface area (Å²) in [6, 6.07) is 10.6. The molecule has 0 saturated carbocycles. The maximum Gasteiger partial charge on any atom is 0.256 e. The van der Waals surface area contributed by atoms with E-state index < -0.39 is 0 Å². The van der Waals surface area contributed by atoms with Crippen molar-refractivity contribution in [2.75, 3.05) is 5.32 Å². The number of benzene rings is 1. The van der Waals surface area contributed by atoms with Gasteiger partial charge in [-0.3, -0.25) is 4.79 Å². The Balaban J connectivity index is 1.75. The molecule has 7 heteroatoms. The Morgan fingerprint density at radius 2 is 1.85 bits per heavy atom. The Morgan fingerprint density at radius 3 is 2.46 bits per heavy atom. The second kappa shape index (κ2) is 7.35. The number of nitrogens with one attached hydrogen (secondary N) is 1. The van der Waals surface area contributed by atoms with Crippen LogP contribution in [0.2, 0.25) is 0 Å². The summed E-state index contributed by atoms with van der Waals surface area (Å²) in [5.41, 5.74) is 2.38. The Kier molecular flexibility index (Phi) is 4.97. The lowest BCUT2D eigenvalue weighted by Crippen LogP contribution is -2.14. The fourth-order valence-electron chi connectivity index (χ4n) is 2.54. The quantitative estimate of drug-likeness (QED) is 0.762. The topological polar surface area (TPSA) is 81.9 Å². The van der Waals surface area contributed by atoms with Crippen molar-refractivity contribution in [2.45, 2.75) is 33.8 Å². The third-order valence-corrected chi connectivity index (χ3v) is 3.61. The standard InChI is InChI=1S/C19H21N5O2/c1-12(2)26-16-7-5-15(6-8-16)19(25)22-17-10-18(21-11-20-17)24-14(4)9-13(3)23-24/h5-12H,1-4H3,(H,20,21,22,25). The first-order valence-electron chi connectivity index (χ1n) is 8.36. The van der Waals surface area contributed by atoms with Crippen LogP contribution in [0.15, 0.2) is 42.7 Å². The summed E-state index contributed by atoms with van der Waals surface area (Å²) in [5, 5.41) is 7.17. The highest BCUT2D eigenvalue weighted by molar-refractivity contribution is 6.03. The van der Waals surface area contributed by atoms with Crippen LogP contribution in [0.3, 0.4) is 0 Å². The summed E-state index contributed by atoms with van der Waals surface area (Å²) >= 11 is 0. The first-order chi connectivity index (χ1) is 12.4.